The number of phosphoric acid groups is 2. The molecule has 2 aromatic carbocycles. The molecule has 1 saturated heterocycles. The summed E-state index contributed by atoms with van der Waals surface area (Å²) in [7, 11) is 1.01. The van der Waals surface area contributed by atoms with E-state index in [9.17, 15) is 105 Å². The van der Waals surface area contributed by atoms with Crippen LogP contribution in [0.3, 0.4) is 0 Å². The first-order valence-corrected chi connectivity index (χ1v) is 39.7. The minimum absolute atomic E-state index is 0.0717. The molecule has 118 heavy (non-hydrogen) atoms. The Labute approximate surface area is 675 Å². The number of hydrogen-bond donors (Lipinski definition) is 5. The van der Waals surface area contributed by atoms with E-state index in [4.69, 9.17) is 23.6 Å². The van der Waals surface area contributed by atoms with Crippen LogP contribution in [0.25, 0.3) is 0 Å². The van der Waals surface area contributed by atoms with Crippen LogP contribution in [0.15, 0.2) is 78.4 Å². The average molecular weight is 1700 g/mol. The number of likely N-dealkylation sites (N-methyl/N-ethyl adjacent to an activating group) is 10. The number of Topliss-reactive ketones (excluding diaryl/α,β-unsaturated/α-hetero) is 1. The largest absolute Gasteiger partial charge is 0.481 e. The normalized spacial score (nSPS) is 24.3. The molecule has 6 aliphatic rings. The number of allylic oxidation sites excluding steroid dienone is 4. The molecule has 2 unspecified atom stereocenters. The van der Waals surface area contributed by atoms with Crippen molar-refractivity contribution in [2.45, 2.75) is 81.9 Å². The molecule has 0 aromatic heterocycles. The lowest BCUT2D eigenvalue weighted by atomic mass is 9.44. The number of ether oxygens (including phenoxy) is 2. The number of alkyl halides is 2. The smallest absolute Gasteiger partial charge is 0.480 e. The van der Waals surface area contributed by atoms with Crippen molar-refractivity contribution in [2.75, 3.05) is 161 Å². The van der Waals surface area contributed by atoms with E-state index in [0.717, 1.165) is 90.3 Å². The van der Waals surface area contributed by atoms with Gasteiger partial charge < -0.3 is 83.8 Å². The Morgan fingerprint density at radius 2 is 1.07 bits per heavy atom. The minimum atomic E-state index is -5.83. The summed E-state index contributed by atoms with van der Waals surface area (Å²) in [4.78, 5) is 241. The SMILES string of the molecule is CN(CC(=O)O)C(=O)CN(C)C(=O)CN(C)C(=O)CN(C)C(=O)CN(C)C(=O)CN(C)C(=O)CN(C)C(=O)CN(C)C(=O)CN(C)C(=O)CN(C)C(=O)c1cc(N2C(=O)C=CC2=O)ccc1CCC(=O)NCCOP(=O)(O)OP(=O)(O)OCC(=O)[C@@]12O[C@H](c3cccc(F)c3)O[C@@H]1C[C@H]1[C@@H]3C[C@H](F)C4=CC(=O)C=C[C@]4(C)[C@@]3(F)[C@@H](O)C[C@@]12C. The van der Waals surface area contributed by atoms with Gasteiger partial charge in [0.05, 0.1) is 83.4 Å². The molecule has 3 saturated carbocycles. The predicted octanol–water partition coefficient (Wildman–Crippen LogP) is -0.813. The summed E-state index contributed by atoms with van der Waals surface area (Å²) in [5.74, 6) is -15.8. The quantitative estimate of drug-likeness (QED) is 0.0316. The fraction of sp³-hybridized carbons (Fsp3) is 0.541. The van der Waals surface area contributed by atoms with Gasteiger partial charge >= 0.3 is 21.6 Å². The standard InChI is InChI=1S/C74H95F3N12O27P2/c1-71-23-22-47(90)28-51(71)52(76)29-50-49-30-55-74(72(49,2)31-53(91)73(50,71)77,115-70(114-55)44-14-13-15-45(75)26-44)54(92)42-113-118(110,111)116-117(108,109)112-25-24-78-56(93)19-17-43-16-18-46(89-57(94)20-21-58(89)95)27-48(43)69(107)88(12)40-67(104)86(10)38-65(102)84(8)36-63(100)82(6)34-61(98)80(4)32-59(96)79(3)33-60(97)81(5)35-62(99)83(7)37-64(101)85(9)39-66(103)87(11)41-68(105)106/h13-16,18,20-23,26-28,49-50,52-53,55,70,91H,17,19,24-25,29-42H2,1-12H3,(H,78,93)(H,105,106)(H,108,109)(H,110,111)/t49-,50-,52-,53-,55+,70+,71-,72-,73-,74+/m0/s1. The number of carboxylic acid groups (broad SMARTS) is 1. The van der Waals surface area contributed by atoms with Crippen molar-refractivity contribution in [3.05, 3.63) is 101 Å². The van der Waals surface area contributed by atoms with Crippen molar-refractivity contribution in [1.82, 2.24) is 54.3 Å². The van der Waals surface area contributed by atoms with E-state index in [1.54, 1.807) is 0 Å². The minimum Gasteiger partial charge on any atom is -0.480 e. The number of benzene rings is 2. The van der Waals surface area contributed by atoms with Crippen molar-refractivity contribution in [3.8, 4) is 0 Å². The number of phosphoric ester groups is 2. The summed E-state index contributed by atoms with van der Waals surface area (Å²) in [5.41, 5.74) is -8.74. The lowest BCUT2D eigenvalue weighted by Crippen LogP contribution is -2.70. The van der Waals surface area contributed by atoms with Gasteiger partial charge in [0.25, 0.3) is 17.7 Å². The van der Waals surface area contributed by atoms with Gasteiger partial charge in [0.15, 0.2) is 29.1 Å². The highest BCUT2D eigenvalue weighted by Gasteiger charge is 2.80. The predicted molar refractivity (Wildman–Crippen MR) is 402 cm³/mol. The van der Waals surface area contributed by atoms with Crippen LogP contribution in [0, 0.1) is 28.5 Å². The molecule has 4 fully saturated rings. The van der Waals surface area contributed by atoms with Crippen LogP contribution in [-0.4, -0.2) is 349 Å². The van der Waals surface area contributed by atoms with E-state index in [0.29, 0.717) is 0 Å². The third-order valence-corrected chi connectivity index (χ3v) is 24.7. The molecular weight excluding hydrogens is 1610 g/mol. The number of nitrogens with one attached hydrogen (secondary N) is 1. The second kappa shape index (κ2) is 37.3. The van der Waals surface area contributed by atoms with E-state index in [1.807, 2.05) is 0 Å². The zero-order chi connectivity index (χ0) is 88.0. The molecule has 5 N–H and O–H groups in total. The number of nitrogens with zero attached hydrogens (tertiary/aromatic N) is 11. The van der Waals surface area contributed by atoms with E-state index in [1.165, 1.54) is 121 Å². The number of aliphatic hydroxyl groups is 1. The number of rotatable bonds is 36. The summed E-state index contributed by atoms with van der Waals surface area (Å²) in [6.45, 7) is -5.77. The monoisotopic (exact) mass is 1700 g/mol. The van der Waals surface area contributed by atoms with Gasteiger partial charge in [-0.15, -0.1) is 0 Å². The second-order valence-corrected chi connectivity index (χ2v) is 33.4. The number of ketones is 2. The fourth-order valence-electron chi connectivity index (χ4n) is 15.3. The van der Waals surface area contributed by atoms with E-state index < -0.39 is 279 Å². The maximum Gasteiger partial charge on any atom is 0.481 e. The molecule has 8 rings (SSSR count). The highest BCUT2D eigenvalue weighted by Crippen LogP contribution is 2.73. The summed E-state index contributed by atoms with van der Waals surface area (Å²) < 4.78 is 103. The van der Waals surface area contributed by atoms with Gasteiger partial charge in [0.1, 0.15) is 25.1 Å². The molecule has 0 spiro atoms. The molecule has 13 amide bonds. The maximum absolute atomic E-state index is 18.1. The van der Waals surface area contributed by atoms with Gasteiger partial charge in [-0.25, -0.2) is 27.2 Å². The van der Waals surface area contributed by atoms with Gasteiger partial charge in [-0.3, -0.25) is 85.8 Å². The van der Waals surface area contributed by atoms with Crippen LogP contribution in [0.4, 0.5) is 18.9 Å². The molecular formula is C74H95F3N12O27P2. The third-order valence-electron chi connectivity index (χ3n) is 22.1. The molecule has 44 heteroatoms. The van der Waals surface area contributed by atoms with Crippen molar-refractivity contribution in [1.29, 1.82) is 0 Å². The number of carbonyl (C=O) groups excluding carboxylic acids is 15. The molecule has 2 heterocycles. The Balaban J connectivity index is 0.787. The Morgan fingerprint density at radius 3 is 1.53 bits per heavy atom. The number of carboxylic acids is 1. The first-order chi connectivity index (χ1) is 54.9. The van der Waals surface area contributed by atoms with Gasteiger partial charge in [-0.05, 0) is 86.1 Å². The van der Waals surface area contributed by atoms with Crippen molar-refractivity contribution >= 4 is 116 Å². The average Bonchev–Trinajstić information content (AvgIpc) is 1.46. The molecule has 2 aliphatic heterocycles. The zero-order valence-corrected chi connectivity index (χ0v) is 68.5. The van der Waals surface area contributed by atoms with Crippen LogP contribution in [-0.2, 0) is 110 Å². The number of aliphatic carboxylic acids is 1. The zero-order valence-electron chi connectivity index (χ0n) is 66.7. The molecule has 12 atom stereocenters. The first-order valence-electron chi connectivity index (χ1n) is 36.7. The number of carbonyl (C=O) groups is 16. The number of aliphatic hydroxyl groups excluding tert-OH is 1. The summed E-state index contributed by atoms with van der Waals surface area (Å²) in [5, 5.41) is 23.3. The summed E-state index contributed by atoms with van der Waals surface area (Å²) >= 11 is 0. The van der Waals surface area contributed by atoms with Crippen molar-refractivity contribution in [3.63, 3.8) is 0 Å². The Hall–Kier alpha value is -10.3. The lowest BCUT2D eigenvalue weighted by molar-refractivity contribution is -0.235. The molecule has 2 aromatic rings. The summed E-state index contributed by atoms with van der Waals surface area (Å²) in [6, 6.07) is 8.71. The highest BCUT2D eigenvalue weighted by atomic mass is 31.3. The van der Waals surface area contributed by atoms with Crippen LogP contribution in [0.5, 0.6) is 0 Å². The van der Waals surface area contributed by atoms with Gasteiger partial charge in [-0.2, -0.15) is 4.31 Å². The number of hydrogen-bond acceptors (Lipinski definition) is 24. The molecule has 0 radical (unpaired) electrons. The van der Waals surface area contributed by atoms with Gasteiger partial charge in [-0.1, -0.05) is 31.2 Å². The summed E-state index contributed by atoms with van der Waals surface area (Å²) in [6.07, 6.45) is -3.51. The fourth-order valence-corrected chi connectivity index (χ4v) is 17.3. The van der Waals surface area contributed by atoms with E-state index >= 15 is 8.78 Å². The van der Waals surface area contributed by atoms with Crippen LogP contribution in [0.2, 0.25) is 0 Å². The molecule has 39 nitrogen and oxygen atoms in total. The third kappa shape index (κ3) is 20.7. The number of aryl methyl sites for hydroxylation is 1. The van der Waals surface area contributed by atoms with Crippen LogP contribution in [0.1, 0.15) is 67.3 Å². The number of imide groups is 1. The Bertz CT molecular complexity index is 4580. The lowest BCUT2D eigenvalue weighted by Gasteiger charge is -2.63. The maximum atomic E-state index is 18.1. The molecule has 0 bridgehead atoms. The van der Waals surface area contributed by atoms with Gasteiger partial charge in [0.2, 0.25) is 59.1 Å². The number of anilines is 1. The highest BCUT2D eigenvalue weighted by molar-refractivity contribution is 7.61. The topological polar surface area (TPSA) is 482 Å². The van der Waals surface area contributed by atoms with E-state index in [-0.39, 0.29) is 40.8 Å². The van der Waals surface area contributed by atoms with Crippen molar-refractivity contribution < 1.29 is 142 Å². The van der Waals surface area contributed by atoms with Crippen LogP contribution < -0.4 is 10.2 Å². The second-order valence-electron chi connectivity index (χ2n) is 30.3. The number of fused-ring (bicyclic) bond motifs is 7. The Kier molecular flexibility index (Phi) is 29.5. The Morgan fingerprint density at radius 1 is 0.610 bits per heavy atom. The van der Waals surface area contributed by atoms with Gasteiger partial charge in [0, 0.05) is 123 Å². The molecule has 644 valence electrons. The first kappa shape index (κ1) is 93.2. The number of halogens is 3. The van der Waals surface area contributed by atoms with Crippen molar-refractivity contribution in [2.24, 2.45) is 22.7 Å². The van der Waals surface area contributed by atoms with Crippen LogP contribution >= 0.6 is 15.6 Å². The number of amides is 13. The molecule has 4 aliphatic carbocycles. The van der Waals surface area contributed by atoms with E-state index in [2.05, 4.69) is 9.63 Å².